The number of hydrogen-bond donors (Lipinski definition) is 6. The summed E-state index contributed by atoms with van der Waals surface area (Å²) in [5.74, 6) is -2.07. The number of rotatable bonds is 9. The highest BCUT2D eigenvalue weighted by Crippen LogP contribution is 2.51. The van der Waals surface area contributed by atoms with Crippen molar-refractivity contribution in [1.29, 1.82) is 0 Å². The number of hydrazine groups is 1. The molecular formula is C23H36N6O6S. The van der Waals surface area contributed by atoms with Crippen molar-refractivity contribution in [3.05, 3.63) is 10.6 Å². The molecule has 7 unspecified atom stereocenters. The van der Waals surface area contributed by atoms with Gasteiger partial charge in [-0.15, -0.1) is 11.8 Å². The summed E-state index contributed by atoms with van der Waals surface area (Å²) < 4.78 is 0. The van der Waals surface area contributed by atoms with Crippen molar-refractivity contribution in [3.63, 3.8) is 0 Å². The van der Waals surface area contributed by atoms with E-state index in [1.54, 1.807) is 18.9 Å². The van der Waals surface area contributed by atoms with Crippen LogP contribution in [-0.4, -0.2) is 104 Å². The van der Waals surface area contributed by atoms with Crippen LogP contribution in [0.2, 0.25) is 0 Å². The van der Waals surface area contributed by atoms with E-state index in [0.29, 0.717) is 36.8 Å². The number of β-lactam (4-membered cyclic amide) rings is 1. The zero-order valence-electron chi connectivity index (χ0n) is 20.8. The van der Waals surface area contributed by atoms with E-state index in [9.17, 15) is 29.7 Å². The molecule has 0 spiro atoms. The number of carbonyl (C=O) groups is 3. The first-order chi connectivity index (χ1) is 17.0. The maximum atomic E-state index is 12.5. The van der Waals surface area contributed by atoms with E-state index in [-0.39, 0.29) is 53.2 Å². The number of hydrogen-bond acceptors (Lipinski definition) is 9. The second-order valence-corrected chi connectivity index (χ2v) is 11.6. The maximum absolute atomic E-state index is 12.5. The van der Waals surface area contributed by atoms with E-state index in [4.69, 9.17) is 5.73 Å². The Balaban J connectivity index is 1.30. The third-order valence-electron chi connectivity index (χ3n) is 7.42. The summed E-state index contributed by atoms with van der Waals surface area (Å²) in [6.45, 7) is 6.96. The second kappa shape index (κ2) is 10.7. The van der Waals surface area contributed by atoms with Crippen LogP contribution in [0.25, 0.3) is 0 Å². The number of aliphatic imine (C=N–C) groups is 1. The Kier molecular flexibility index (Phi) is 7.95. The quantitative estimate of drug-likeness (QED) is 0.122. The van der Waals surface area contributed by atoms with Gasteiger partial charge >= 0.3 is 5.97 Å². The fourth-order valence-electron chi connectivity index (χ4n) is 5.76. The number of nitrogens with one attached hydrogen (secondary N) is 2. The third-order valence-corrected chi connectivity index (χ3v) is 8.93. The fraction of sp³-hybridized carbons (Fsp3) is 0.739. The van der Waals surface area contributed by atoms with Crippen LogP contribution in [0.5, 0.6) is 0 Å². The summed E-state index contributed by atoms with van der Waals surface area (Å²) in [5.41, 5.74) is 8.46. The summed E-state index contributed by atoms with van der Waals surface area (Å²) in [6.07, 6.45) is -0.446. The van der Waals surface area contributed by atoms with Crippen LogP contribution in [0.4, 0.5) is 0 Å². The standard InChI is InChI=1S/C23H36N6O6S/c1-10-19-18(11(2)30)22(33)29(19)20(23(34)35)21(10)36-14-6-15(25-8-14)16(31)7-17(32)27-28-5-4-13(9-28)26-12(3)24/h10-11,13-16,18-19,25,30-31H,4-9H2,1-3H3,(H2,24,26)(H,27,32)(H,34,35)/t10?,11?,13?,14?,15?,16?,18?,19-/m1/s1. The van der Waals surface area contributed by atoms with Gasteiger partial charge in [-0.25, -0.2) is 9.80 Å². The number of aliphatic hydroxyl groups is 2. The average Bonchev–Trinajstić information content (AvgIpc) is 3.46. The molecule has 2 amide bonds. The lowest BCUT2D eigenvalue weighted by molar-refractivity contribution is -0.163. The smallest absolute Gasteiger partial charge is 0.353 e. The molecule has 3 saturated heterocycles. The molecule has 36 heavy (non-hydrogen) atoms. The van der Waals surface area contributed by atoms with Crippen LogP contribution in [-0.2, 0) is 14.4 Å². The first-order valence-corrected chi connectivity index (χ1v) is 13.3. The van der Waals surface area contributed by atoms with Gasteiger partial charge < -0.3 is 31.3 Å². The fourth-order valence-corrected chi connectivity index (χ4v) is 7.26. The lowest BCUT2D eigenvalue weighted by atomic mass is 9.79. The largest absolute Gasteiger partial charge is 0.477 e. The number of thioether (sulfide) groups is 1. The molecule has 0 aromatic carbocycles. The van der Waals surface area contributed by atoms with E-state index < -0.39 is 24.1 Å². The highest BCUT2D eigenvalue weighted by molar-refractivity contribution is 8.03. The van der Waals surface area contributed by atoms with Crippen molar-refractivity contribution in [3.8, 4) is 0 Å². The summed E-state index contributed by atoms with van der Waals surface area (Å²) in [5, 5.41) is 35.5. The number of nitrogens with zero attached hydrogens (tertiary/aromatic N) is 3. The van der Waals surface area contributed by atoms with Crippen molar-refractivity contribution < 1.29 is 29.7 Å². The predicted molar refractivity (Wildman–Crippen MR) is 133 cm³/mol. The molecule has 4 aliphatic rings. The molecule has 0 bridgehead atoms. The molecule has 4 rings (SSSR count). The molecule has 0 radical (unpaired) electrons. The number of carboxylic acids is 1. The van der Waals surface area contributed by atoms with Crippen LogP contribution in [0.3, 0.4) is 0 Å². The molecule has 4 heterocycles. The van der Waals surface area contributed by atoms with Gasteiger partial charge in [0, 0.05) is 41.7 Å². The first-order valence-electron chi connectivity index (χ1n) is 12.4. The van der Waals surface area contributed by atoms with Gasteiger partial charge in [0.1, 0.15) is 5.70 Å². The van der Waals surface area contributed by atoms with Gasteiger partial charge in [-0.1, -0.05) is 6.92 Å². The van der Waals surface area contributed by atoms with Crippen molar-refractivity contribution in [2.75, 3.05) is 19.6 Å². The van der Waals surface area contributed by atoms with Crippen molar-refractivity contribution in [2.24, 2.45) is 22.6 Å². The molecule has 200 valence electrons. The van der Waals surface area contributed by atoms with Crippen LogP contribution in [0.1, 0.15) is 40.0 Å². The summed E-state index contributed by atoms with van der Waals surface area (Å²) in [6, 6.07) is -0.607. The number of nitrogens with two attached hydrogens (primary N) is 1. The van der Waals surface area contributed by atoms with Gasteiger partial charge in [-0.2, -0.15) is 0 Å². The Hall–Kier alpha value is -2.19. The lowest BCUT2D eigenvalue weighted by Crippen LogP contribution is -2.63. The molecule has 0 aromatic heterocycles. The van der Waals surface area contributed by atoms with Gasteiger partial charge in [0.05, 0.1) is 42.5 Å². The molecule has 8 atom stereocenters. The maximum Gasteiger partial charge on any atom is 0.353 e. The van der Waals surface area contributed by atoms with Crippen LogP contribution >= 0.6 is 11.8 Å². The van der Waals surface area contributed by atoms with E-state index in [0.717, 1.165) is 6.42 Å². The van der Waals surface area contributed by atoms with E-state index in [1.165, 1.54) is 16.7 Å². The Labute approximate surface area is 214 Å². The summed E-state index contributed by atoms with van der Waals surface area (Å²) >= 11 is 1.41. The molecule has 0 aromatic rings. The monoisotopic (exact) mass is 524 g/mol. The summed E-state index contributed by atoms with van der Waals surface area (Å²) in [4.78, 5) is 43.3. The van der Waals surface area contributed by atoms with Crippen LogP contribution < -0.4 is 16.5 Å². The Morgan fingerprint density at radius 3 is 2.72 bits per heavy atom. The number of carbonyl (C=O) groups excluding carboxylic acids is 2. The van der Waals surface area contributed by atoms with Gasteiger partial charge in [-0.05, 0) is 26.7 Å². The average molecular weight is 525 g/mol. The Bertz CT molecular complexity index is 969. The molecule has 7 N–H and O–H groups in total. The zero-order chi connectivity index (χ0) is 26.3. The van der Waals surface area contributed by atoms with Crippen LogP contribution in [0.15, 0.2) is 15.6 Å². The second-order valence-electron chi connectivity index (χ2n) is 10.2. The zero-order valence-corrected chi connectivity index (χ0v) is 21.6. The lowest BCUT2D eigenvalue weighted by Gasteiger charge is -2.46. The normalized spacial score (nSPS) is 34.5. The Morgan fingerprint density at radius 2 is 2.08 bits per heavy atom. The van der Waals surface area contributed by atoms with E-state index in [1.807, 2.05) is 6.92 Å². The number of carboxylic acid groups (broad SMARTS) is 1. The van der Waals surface area contributed by atoms with E-state index in [2.05, 4.69) is 15.7 Å². The number of aliphatic hydroxyl groups excluding tert-OH is 2. The summed E-state index contributed by atoms with van der Waals surface area (Å²) in [7, 11) is 0. The molecule has 3 fully saturated rings. The van der Waals surface area contributed by atoms with Crippen molar-refractivity contribution in [2.45, 2.75) is 75.6 Å². The predicted octanol–water partition coefficient (Wildman–Crippen LogP) is -1.16. The molecule has 0 saturated carbocycles. The topological polar surface area (TPSA) is 181 Å². The third kappa shape index (κ3) is 5.25. The SMILES string of the molecule is CC(N)=NC1CCN(NC(=O)CC(O)C2CC(SC3=C(C(=O)O)N4C(=O)C(C(C)O)[C@H]4C3C)CN2)C1. The van der Waals surface area contributed by atoms with Gasteiger partial charge in [0.15, 0.2) is 0 Å². The number of fused-ring (bicyclic) bond motifs is 1. The minimum absolute atomic E-state index is 0.000794. The van der Waals surface area contributed by atoms with Gasteiger partial charge in [-0.3, -0.25) is 20.0 Å². The molecule has 0 aliphatic carbocycles. The molecular weight excluding hydrogens is 488 g/mol. The van der Waals surface area contributed by atoms with Crippen LogP contribution in [0, 0.1) is 11.8 Å². The van der Waals surface area contributed by atoms with Gasteiger partial charge in [0.25, 0.3) is 0 Å². The molecule has 12 nitrogen and oxygen atoms in total. The van der Waals surface area contributed by atoms with E-state index >= 15 is 0 Å². The minimum atomic E-state index is -1.15. The first kappa shape index (κ1) is 26.9. The highest BCUT2D eigenvalue weighted by Gasteiger charge is 2.60. The molecule has 4 aliphatic heterocycles. The molecule has 13 heteroatoms. The number of amides is 2. The van der Waals surface area contributed by atoms with Gasteiger partial charge in [0.2, 0.25) is 11.8 Å². The number of aliphatic carboxylic acids is 1. The highest BCUT2D eigenvalue weighted by atomic mass is 32.2. The number of amidine groups is 1. The van der Waals surface area contributed by atoms with Crippen molar-refractivity contribution in [1.82, 2.24) is 20.7 Å². The minimum Gasteiger partial charge on any atom is -0.477 e. The van der Waals surface area contributed by atoms with Crippen molar-refractivity contribution >= 4 is 35.4 Å². The Morgan fingerprint density at radius 1 is 1.36 bits per heavy atom.